The summed E-state index contributed by atoms with van der Waals surface area (Å²) < 4.78 is 9.35. The summed E-state index contributed by atoms with van der Waals surface area (Å²) in [7, 11) is 0. The zero-order chi connectivity index (χ0) is 8.10. The lowest BCUT2D eigenvalue weighted by molar-refractivity contribution is 0.0509. The number of aliphatic hydroxyl groups excluding tert-OH is 2. The van der Waals surface area contributed by atoms with Gasteiger partial charge in [0.05, 0.1) is 6.61 Å². The predicted molar refractivity (Wildman–Crippen MR) is 35.1 cm³/mol. The van der Waals surface area contributed by atoms with Crippen LogP contribution in [0.15, 0.2) is 16.9 Å². The molecule has 0 radical (unpaired) electrons. The van der Waals surface area contributed by atoms with Crippen LogP contribution in [0, 0.1) is 0 Å². The number of aliphatic hydroxyl groups is 2. The fraction of sp³-hybridized carbons (Fsp3) is 0.500. The van der Waals surface area contributed by atoms with Gasteiger partial charge in [-0.05, 0) is 5.16 Å². The maximum Gasteiger partial charge on any atom is 0.254 e. The van der Waals surface area contributed by atoms with E-state index < -0.39 is 6.10 Å². The Morgan fingerprint density at radius 1 is 1.73 bits per heavy atom. The minimum absolute atomic E-state index is 0.0169. The SMILES string of the molecule is OCC(O)COc1ccon1. The van der Waals surface area contributed by atoms with Gasteiger partial charge >= 0.3 is 0 Å². The molecule has 5 heteroatoms. The van der Waals surface area contributed by atoms with Gasteiger partial charge in [-0.3, -0.25) is 0 Å². The molecule has 2 N–H and O–H groups in total. The Morgan fingerprint density at radius 2 is 2.55 bits per heavy atom. The molecule has 0 saturated carbocycles. The number of ether oxygens (including phenoxy) is 1. The first-order chi connectivity index (χ1) is 5.33. The van der Waals surface area contributed by atoms with Crippen molar-refractivity contribution in [3.63, 3.8) is 0 Å². The largest absolute Gasteiger partial charge is 0.473 e. The maximum atomic E-state index is 8.82. The molecule has 5 nitrogen and oxygen atoms in total. The van der Waals surface area contributed by atoms with Gasteiger partial charge in [-0.2, -0.15) is 0 Å². The minimum atomic E-state index is -0.869. The van der Waals surface area contributed by atoms with Crippen LogP contribution in [0.1, 0.15) is 0 Å². The molecule has 0 bridgehead atoms. The monoisotopic (exact) mass is 159 g/mol. The number of hydrogen-bond acceptors (Lipinski definition) is 5. The number of rotatable bonds is 4. The van der Waals surface area contributed by atoms with Crippen LogP contribution < -0.4 is 4.74 Å². The molecule has 1 heterocycles. The van der Waals surface area contributed by atoms with E-state index in [2.05, 4.69) is 9.68 Å². The predicted octanol–water partition coefficient (Wildman–Crippen LogP) is -0.593. The standard InChI is InChI=1S/C6H9NO4/c8-3-5(9)4-10-6-1-2-11-7-6/h1-2,5,8-9H,3-4H2. The van der Waals surface area contributed by atoms with Crippen molar-refractivity contribution < 1.29 is 19.5 Å². The van der Waals surface area contributed by atoms with Crippen molar-refractivity contribution in [2.24, 2.45) is 0 Å². The lowest BCUT2D eigenvalue weighted by Gasteiger charge is -2.05. The van der Waals surface area contributed by atoms with Gasteiger partial charge in [-0.15, -0.1) is 0 Å². The second kappa shape index (κ2) is 3.95. The highest BCUT2D eigenvalue weighted by Crippen LogP contribution is 2.04. The molecule has 0 saturated heterocycles. The third-order valence-corrected chi connectivity index (χ3v) is 1.05. The smallest absolute Gasteiger partial charge is 0.254 e. The molecule has 11 heavy (non-hydrogen) atoms. The summed E-state index contributed by atoms with van der Waals surface area (Å²) in [5.74, 6) is 0.303. The van der Waals surface area contributed by atoms with E-state index in [1.165, 1.54) is 12.3 Å². The van der Waals surface area contributed by atoms with E-state index in [0.29, 0.717) is 5.88 Å². The topological polar surface area (TPSA) is 75.7 Å². The fourth-order valence-corrected chi connectivity index (χ4v) is 0.510. The first-order valence-corrected chi connectivity index (χ1v) is 3.15. The van der Waals surface area contributed by atoms with Gasteiger partial charge in [0, 0.05) is 6.07 Å². The highest BCUT2D eigenvalue weighted by molar-refractivity contribution is 5.01. The zero-order valence-corrected chi connectivity index (χ0v) is 5.80. The van der Waals surface area contributed by atoms with Crippen LogP contribution in [0.5, 0.6) is 5.88 Å². The molecule has 1 rings (SSSR count). The van der Waals surface area contributed by atoms with Crippen LogP contribution in [0.25, 0.3) is 0 Å². The molecule has 0 aliphatic heterocycles. The summed E-state index contributed by atoms with van der Waals surface area (Å²) in [4.78, 5) is 0. The molecule has 0 aromatic carbocycles. The van der Waals surface area contributed by atoms with E-state index in [0.717, 1.165) is 0 Å². The minimum Gasteiger partial charge on any atom is -0.473 e. The van der Waals surface area contributed by atoms with Gasteiger partial charge in [0.2, 0.25) is 0 Å². The van der Waals surface area contributed by atoms with Crippen LogP contribution in [0.4, 0.5) is 0 Å². The molecule has 0 aliphatic carbocycles. The first-order valence-electron chi connectivity index (χ1n) is 3.15. The Labute approximate surface area is 63.2 Å². The van der Waals surface area contributed by atoms with Gasteiger partial charge in [-0.25, -0.2) is 0 Å². The van der Waals surface area contributed by atoms with Crippen LogP contribution in [-0.4, -0.2) is 34.7 Å². The molecule has 0 aliphatic rings. The average molecular weight is 159 g/mol. The van der Waals surface area contributed by atoms with E-state index in [4.69, 9.17) is 14.9 Å². The van der Waals surface area contributed by atoms with Crippen LogP contribution in [-0.2, 0) is 0 Å². The summed E-state index contributed by atoms with van der Waals surface area (Å²) in [5, 5.41) is 20.6. The van der Waals surface area contributed by atoms with Crippen LogP contribution in [0.2, 0.25) is 0 Å². The molecular formula is C6H9NO4. The van der Waals surface area contributed by atoms with Crippen LogP contribution in [0.3, 0.4) is 0 Å². The average Bonchev–Trinajstić information content (AvgIpc) is 2.52. The van der Waals surface area contributed by atoms with Gasteiger partial charge in [0.25, 0.3) is 5.88 Å². The summed E-state index contributed by atoms with van der Waals surface area (Å²) >= 11 is 0. The highest BCUT2D eigenvalue weighted by atomic mass is 16.5. The molecule has 62 valence electrons. The van der Waals surface area contributed by atoms with E-state index in [-0.39, 0.29) is 13.2 Å². The Kier molecular flexibility index (Phi) is 2.88. The Bertz CT molecular complexity index is 186. The third kappa shape index (κ3) is 2.57. The molecule has 0 amide bonds. The van der Waals surface area contributed by atoms with E-state index >= 15 is 0 Å². The number of aromatic nitrogens is 1. The Hall–Kier alpha value is -1.07. The second-order valence-electron chi connectivity index (χ2n) is 1.99. The normalized spacial score (nSPS) is 12.9. The van der Waals surface area contributed by atoms with Crippen LogP contribution >= 0.6 is 0 Å². The van der Waals surface area contributed by atoms with E-state index in [1.54, 1.807) is 0 Å². The third-order valence-electron chi connectivity index (χ3n) is 1.05. The molecule has 1 aromatic rings. The van der Waals surface area contributed by atoms with Crippen molar-refractivity contribution in [1.29, 1.82) is 0 Å². The molecule has 0 spiro atoms. The highest BCUT2D eigenvalue weighted by Gasteiger charge is 2.03. The van der Waals surface area contributed by atoms with Crippen molar-refractivity contribution >= 4 is 0 Å². The fourth-order valence-electron chi connectivity index (χ4n) is 0.510. The van der Waals surface area contributed by atoms with Crippen molar-refractivity contribution in [3.05, 3.63) is 12.3 Å². The molecule has 1 unspecified atom stereocenters. The lowest BCUT2D eigenvalue weighted by atomic mass is 10.4. The molecule has 0 fully saturated rings. The molecule has 1 atom stereocenters. The van der Waals surface area contributed by atoms with Crippen molar-refractivity contribution in [3.8, 4) is 5.88 Å². The first kappa shape index (κ1) is 8.03. The number of nitrogens with zero attached hydrogens (tertiary/aromatic N) is 1. The van der Waals surface area contributed by atoms with Crippen molar-refractivity contribution in [2.45, 2.75) is 6.10 Å². The van der Waals surface area contributed by atoms with Crippen molar-refractivity contribution in [1.82, 2.24) is 5.16 Å². The Morgan fingerprint density at radius 3 is 3.09 bits per heavy atom. The van der Waals surface area contributed by atoms with E-state index in [1.807, 2.05) is 0 Å². The van der Waals surface area contributed by atoms with E-state index in [9.17, 15) is 0 Å². The zero-order valence-electron chi connectivity index (χ0n) is 5.80. The van der Waals surface area contributed by atoms with Gasteiger partial charge in [-0.1, -0.05) is 0 Å². The number of hydrogen-bond donors (Lipinski definition) is 2. The maximum absolute atomic E-state index is 8.82. The quantitative estimate of drug-likeness (QED) is 0.614. The summed E-state index contributed by atoms with van der Waals surface area (Å²) in [5.41, 5.74) is 0. The molecular weight excluding hydrogens is 150 g/mol. The molecule has 1 aromatic heterocycles. The van der Waals surface area contributed by atoms with Gasteiger partial charge in [0.1, 0.15) is 19.0 Å². The lowest BCUT2D eigenvalue weighted by Crippen LogP contribution is -2.21. The van der Waals surface area contributed by atoms with Gasteiger partial charge in [0.15, 0.2) is 0 Å². The summed E-state index contributed by atoms with van der Waals surface area (Å²) in [6.07, 6.45) is 0.493. The second-order valence-corrected chi connectivity index (χ2v) is 1.99. The Balaban J connectivity index is 2.23. The summed E-state index contributed by atoms with van der Waals surface area (Å²) in [6.45, 7) is -0.305. The van der Waals surface area contributed by atoms with Gasteiger partial charge < -0.3 is 19.5 Å². The summed E-state index contributed by atoms with van der Waals surface area (Å²) in [6, 6.07) is 1.52. The van der Waals surface area contributed by atoms with Crippen molar-refractivity contribution in [2.75, 3.05) is 13.2 Å².